The van der Waals surface area contributed by atoms with Crippen LogP contribution in [0.5, 0.6) is 0 Å². The lowest BCUT2D eigenvalue weighted by molar-refractivity contribution is -0.137. The number of para-hydroxylation sites is 1. The van der Waals surface area contributed by atoms with Crippen molar-refractivity contribution in [2.75, 3.05) is 11.4 Å². The van der Waals surface area contributed by atoms with Crippen molar-refractivity contribution in [2.45, 2.75) is 20.3 Å². The first kappa shape index (κ1) is 15.0. The molecule has 1 atom stereocenters. The predicted octanol–water partition coefficient (Wildman–Crippen LogP) is 2.71. The van der Waals surface area contributed by atoms with E-state index in [1.165, 1.54) is 4.90 Å². The molecular weight excluding hydrogens is 242 g/mol. The van der Waals surface area contributed by atoms with Gasteiger partial charge in [0.25, 0.3) is 0 Å². The molecule has 1 amide bonds. The third-order valence-corrected chi connectivity index (χ3v) is 2.70. The highest BCUT2D eigenvalue weighted by molar-refractivity contribution is 5.98. The Morgan fingerprint density at radius 2 is 1.89 bits per heavy atom. The van der Waals surface area contributed by atoms with Gasteiger partial charge in [0.05, 0.1) is 0 Å². The standard InChI is InChI=1S/C15H19NO3/c1-11(2)9-12(3)15(19)16(10-14(17)18)13-7-5-4-6-8-13/h4-8,12H,1,9-10H2,2-3H3,(H,17,18). The number of hydrogen-bond donors (Lipinski definition) is 1. The van der Waals surface area contributed by atoms with Gasteiger partial charge in [-0.05, 0) is 25.5 Å². The Bertz CT molecular complexity index is 468. The van der Waals surface area contributed by atoms with E-state index in [1.54, 1.807) is 31.2 Å². The van der Waals surface area contributed by atoms with Gasteiger partial charge >= 0.3 is 5.97 Å². The number of anilines is 1. The Morgan fingerprint density at radius 1 is 1.32 bits per heavy atom. The van der Waals surface area contributed by atoms with Gasteiger partial charge in [-0.3, -0.25) is 9.59 Å². The Kier molecular flexibility index (Phi) is 5.30. The minimum Gasteiger partial charge on any atom is -0.480 e. The zero-order valence-electron chi connectivity index (χ0n) is 11.3. The van der Waals surface area contributed by atoms with E-state index in [0.29, 0.717) is 12.1 Å². The van der Waals surface area contributed by atoms with E-state index < -0.39 is 5.97 Å². The van der Waals surface area contributed by atoms with Gasteiger partial charge < -0.3 is 10.0 Å². The van der Waals surface area contributed by atoms with Gasteiger partial charge in [-0.15, -0.1) is 6.58 Å². The number of benzene rings is 1. The normalized spacial score (nSPS) is 11.7. The largest absolute Gasteiger partial charge is 0.480 e. The number of hydrogen-bond acceptors (Lipinski definition) is 2. The molecule has 102 valence electrons. The maximum atomic E-state index is 12.3. The van der Waals surface area contributed by atoms with Gasteiger partial charge in [-0.1, -0.05) is 30.7 Å². The third kappa shape index (κ3) is 4.58. The summed E-state index contributed by atoms with van der Waals surface area (Å²) in [7, 11) is 0. The summed E-state index contributed by atoms with van der Waals surface area (Å²) >= 11 is 0. The van der Waals surface area contributed by atoms with Gasteiger partial charge in [0.15, 0.2) is 0 Å². The molecule has 4 nitrogen and oxygen atoms in total. The smallest absolute Gasteiger partial charge is 0.323 e. The van der Waals surface area contributed by atoms with Crippen LogP contribution in [0.2, 0.25) is 0 Å². The average Bonchev–Trinajstić information content (AvgIpc) is 2.35. The maximum Gasteiger partial charge on any atom is 0.323 e. The van der Waals surface area contributed by atoms with Gasteiger partial charge in [-0.2, -0.15) is 0 Å². The summed E-state index contributed by atoms with van der Waals surface area (Å²) < 4.78 is 0. The van der Waals surface area contributed by atoms with Crippen LogP contribution >= 0.6 is 0 Å². The number of carbonyl (C=O) groups is 2. The summed E-state index contributed by atoms with van der Waals surface area (Å²) in [5, 5.41) is 8.95. The molecule has 1 aromatic rings. The highest BCUT2D eigenvalue weighted by Gasteiger charge is 2.23. The van der Waals surface area contributed by atoms with Crippen molar-refractivity contribution >= 4 is 17.6 Å². The van der Waals surface area contributed by atoms with Gasteiger partial charge in [0, 0.05) is 11.6 Å². The summed E-state index contributed by atoms with van der Waals surface area (Å²) in [5.41, 5.74) is 1.51. The Labute approximate surface area is 113 Å². The highest BCUT2D eigenvalue weighted by atomic mass is 16.4. The molecule has 0 aliphatic rings. The summed E-state index contributed by atoms with van der Waals surface area (Å²) in [6.45, 7) is 7.09. The molecule has 1 aromatic carbocycles. The monoisotopic (exact) mass is 261 g/mol. The van der Waals surface area contributed by atoms with Crippen molar-refractivity contribution in [1.82, 2.24) is 0 Å². The molecule has 0 radical (unpaired) electrons. The maximum absolute atomic E-state index is 12.3. The van der Waals surface area contributed by atoms with Crippen molar-refractivity contribution in [3.05, 3.63) is 42.5 Å². The molecule has 0 spiro atoms. The van der Waals surface area contributed by atoms with Crippen molar-refractivity contribution in [3.63, 3.8) is 0 Å². The van der Waals surface area contributed by atoms with Crippen LogP contribution in [-0.2, 0) is 9.59 Å². The zero-order chi connectivity index (χ0) is 14.4. The number of carboxylic acid groups (broad SMARTS) is 1. The fraction of sp³-hybridized carbons (Fsp3) is 0.333. The Morgan fingerprint density at radius 3 is 2.37 bits per heavy atom. The first-order valence-electron chi connectivity index (χ1n) is 6.14. The Balaban J connectivity index is 2.94. The van der Waals surface area contributed by atoms with Crippen LogP contribution in [0.25, 0.3) is 0 Å². The quantitative estimate of drug-likeness (QED) is 0.801. The van der Waals surface area contributed by atoms with Crippen LogP contribution in [0.3, 0.4) is 0 Å². The molecule has 0 saturated carbocycles. The summed E-state index contributed by atoms with van der Waals surface area (Å²) in [4.78, 5) is 24.6. The molecule has 0 aliphatic carbocycles. The predicted molar refractivity (Wildman–Crippen MR) is 75.0 cm³/mol. The molecular formula is C15H19NO3. The van der Waals surface area contributed by atoms with Gasteiger partial charge in [0.1, 0.15) is 6.54 Å². The second-order valence-corrected chi connectivity index (χ2v) is 4.72. The van der Waals surface area contributed by atoms with E-state index in [9.17, 15) is 9.59 Å². The molecule has 0 bridgehead atoms. The van der Waals surface area contributed by atoms with Gasteiger partial charge in [-0.25, -0.2) is 0 Å². The van der Waals surface area contributed by atoms with Crippen LogP contribution < -0.4 is 4.90 Å². The summed E-state index contributed by atoms with van der Waals surface area (Å²) in [6, 6.07) is 8.84. The minimum atomic E-state index is -1.03. The number of carboxylic acids is 1. The van der Waals surface area contributed by atoms with Gasteiger partial charge in [0.2, 0.25) is 5.91 Å². The lowest BCUT2D eigenvalue weighted by Crippen LogP contribution is -2.39. The number of nitrogens with zero attached hydrogens (tertiary/aromatic N) is 1. The fourth-order valence-electron chi connectivity index (χ4n) is 1.92. The SMILES string of the molecule is C=C(C)CC(C)C(=O)N(CC(=O)O)c1ccccc1. The molecule has 1 N–H and O–H groups in total. The molecule has 19 heavy (non-hydrogen) atoms. The number of amides is 1. The number of carbonyl (C=O) groups excluding carboxylic acids is 1. The molecule has 1 rings (SSSR count). The van der Waals surface area contributed by atoms with E-state index in [1.807, 2.05) is 13.0 Å². The van der Waals surface area contributed by atoms with E-state index >= 15 is 0 Å². The van der Waals surface area contributed by atoms with E-state index in [4.69, 9.17) is 5.11 Å². The molecule has 4 heteroatoms. The summed E-state index contributed by atoms with van der Waals surface area (Å²) in [6.07, 6.45) is 0.557. The van der Waals surface area contributed by atoms with Crippen LogP contribution in [0, 0.1) is 5.92 Å². The summed E-state index contributed by atoms with van der Waals surface area (Å²) in [5.74, 6) is -1.51. The number of rotatable bonds is 6. The minimum absolute atomic E-state index is 0.198. The molecule has 0 saturated heterocycles. The second-order valence-electron chi connectivity index (χ2n) is 4.72. The molecule has 0 aliphatic heterocycles. The van der Waals surface area contributed by atoms with Crippen LogP contribution in [-0.4, -0.2) is 23.5 Å². The van der Waals surface area contributed by atoms with Crippen molar-refractivity contribution < 1.29 is 14.7 Å². The second kappa shape index (κ2) is 6.73. The fourth-order valence-corrected chi connectivity index (χ4v) is 1.92. The number of aliphatic carboxylic acids is 1. The molecule has 0 aromatic heterocycles. The third-order valence-electron chi connectivity index (χ3n) is 2.70. The van der Waals surface area contributed by atoms with Crippen LogP contribution in [0.4, 0.5) is 5.69 Å². The first-order chi connectivity index (χ1) is 8.91. The molecule has 1 unspecified atom stereocenters. The average molecular weight is 261 g/mol. The lowest BCUT2D eigenvalue weighted by Gasteiger charge is -2.24. The first-order valence-corrected chi connectivity index (χ1v) is 6.14. The van der Waals surface area contributed by atoms with Crippen molar-refractivity contribution in [1.29, 1.82) is 0 Å². The Hall–Kier alpha value is -2.10. The molecule has 0 fully saturated rings. The lowest BCUT2D eigenvalue weighted by atomic mass is 10.0. The number of allylic oxidation sites excluding steroid dienone is 1. The van der Waals surface area contributed by atoms with Crippen LogP contribution in [0.1, 0.15) is 20.3 Å². The van der Waals surface area contributed by atoms with E-state index in [0.717, 1.165) is 5.57 Å². The highest BCUT2D eigenvalue weighted by Crippen LogP contribution is 2.19. The van der Waals surface area contributed by atoms with Crippen molar-refractivity contribution in [3.8, 4) is 0 Å². The van der Waals surface area contributed by atoms with Crippen LogP contribution in [0.15, 0.2) is 42.5 Å². The van der Waals surface area contributed by atoms with E-state index in [-0.39, 0.29) is 18.4 Å². The van der Waals surface area contributed by atoms with Crippen molar-refractivity contribution in [2.24, 2.45) is 5.92 Å². The topological polar surface area (TPSA) is 57.6 Å². The zero-order valence-corrected chi connectivity index (χ0v) is 11.3. The van der Waals surface area contributed by atoms with E-state index in [2.05, 4.69) is 6.58 Å². The molecule has 0 heterocycles.